The summed E-state index contributed by atoms with van der Waals surface area (Å²) in [7, 11) is 0. The summed E-state index contributed by atoms with van der Waals surface area (Å²) in [6.45, 7) is 7.00. The summed E-state index contributed by atoms with van der Waals surface area (Å²) in [5.74, 6) is 0.710. The standard InChI is InChI=1S/C24H22N2O5/c1-13-17-12-20-19(30-8-5-9-31-20)10-15(17)11-21-24(29)18-7-4-3-6-16(18)23(28)26(24)14(2)22(27)25(13)21/h3-4,6-7,10,12,14,21,29H,1,5,8-9,11H2,2H3/t14-,21-,24+/m1/s1. The van der Waals surface area contributed by atoms with Crippen LogP contribution in [-0.4, -0.2) is 52.0 Å². The van der Waals surface area contributed by atoms with Gasteiger partial charge < -0.3 is 19.5 Å². The molecule has 1 N–H and O–H groups in total. The first-order valence-corrected chi connectivity index (χ1v) is 10.5. The second-order valence-electron chi connectivity index (χ2n) is 8.50. The van der Waals surface area contributed by atoms with Crippen LogP contribution >= 0.6 is 0 Å². The van der Waals surface area contributed by atoms with Crippen LogP contribution in [0, 0.1) is 0 Å². The maximum atomic E-state index is 13.4. The Morgan fingerprint density at radius 3 is 2.58 bits per heavy atom. The van der Waals surface area contributed by atoms with Crippen LogP contribution in [0.25, 0.3) is 5.70 Å². The molecule has 6 rings (SSSR count). The van der Waals surface area contributed by atoms with Crippen LogP contribution in [-0.2, 0) is 16.9 Å². The van der Waals surface area contributed by atoms with E-state index in [1.165, 1.54) is 4.90 Å². The van der Waals surface area contributed by atoms with Crippen LogP contribution in [0.2, 0.25) is 0 Å². The lowest BCUT2D eigenvalue weighted by Gasteiger charge is -2.54. The molecule has 2 aromatic rings. The van der Waals surface area contributed by atoms with E-state index in [0.717, 1.165) is 17.5 Å². The highest BCUT2D eigenvalue weighted by Crippen LogP contribution is 2.51. The van der Waals surface area contributed by atoms with Gasteiger partial charge in [0.05, 0.1) is 19.3 Å². The molecule has 4 aliphatic rings. The van der Waals surface area contributed by atoms with Gasteiger partial charge in [-0.05, 0) is 37.1 Å². The summed E-state index contributed by atoms with van der Waals surface area (Å²) >= 11 is 0. The van der Waals surface area contributed by atoms with Crippen LogP contribution in [0.1, 0.15) is 40.4 Å². The third-order valence-electron chi connectivity index (χ3n) is 6.89. The number of aliphatic hydroxyl groups is 1. The molecule has 2 amide bonds. The highest BCUT2D eigenvalue weighted by Gasteiger charge is 2.63. The Hall–Kier alpha value is -3.32. The maximum absolute atomic E-state index is 13.4. The molecule has 7 nitrogen and oxygen atoms in total. The van der Waals surface area contributed by atoms with Gasteiger partial charge in [-0.25, -0.2) is 0 Å². The molecular weight excluding hydrogens is 396 g/mol. The molecule has 0 saturated carbocycles. The Morgan fingerprint density at radius 2 is 1.81 bits per heavy atom. The fraction of sp³-hybridized carbons (Fsp3) is 0.333. The van der Waals surface area contributed by atoms with E-state index in [4.69, 9.17) is 9.47 Å². The number of hydrogen-bond donors (Lipinski definition) is 1. The quantitative estimate of drug-likeness (QED) is 0.710. The van der Waals surface area contributed by atoms with Gasteiger partial charge in [0.15, 0.2) is 17.2 Å². The van der Waals surface area contributed by atoms with E-state index in [2.05, 4.69) is 6.58 Å². The Balaban J connectivity index is 1.54. The fourth-order valence-electron chi connectivity index (χ4n) is 5.44. The Bertz CT molecular complexity index is 1170. The normalized spacial score (nSPS) is 28.5. The van der Waals surface area contributed by atoms with Gasteiger partial charge in [-0.1, -0.05) is 24.8 Å². The Labute approximate surface area is 179 Å². The van der Waals surface area contributed by atoms with Crippen LogP contribution in [0.5, 0.6) is 11.5 Å². The molecule has 31 heavy (non-hydrogen) atoms. The van der Waals surface area contributed by atoms with Crippen molar-refractivity contribution in [3.05, 3.63) is 65.2 Å². The van der Waals surface area contributed by atoms with Gasteiger partial charge in [0.2, 0.25) is 5.91 Å². The van der Waals surface area contributed by atoms with Crippen molar-refractivity contribution in [2.45, 2.75) is 37.6 Å². The molecule has 1 saturated heterocycles. The number of amides is 2. The second kappa shape index (κ2) is 6.11. The van der Waals surface area contributed by atoms with Crippen LogP contribution in [0.15, 0.2) is 43.0 Å². The zero-order valence-corrected chi connectivity index (χ0v) is 17.1. The van der Waals surface area contributed by atoms with E-state index in [9.17, 15) is 14.7 Å². The molecule has 7 heteroatoms. The lowest BCUT2D eigenvalue weighted by molar-refractivity contribution is -0.189. The number of benzene rings is 2. The highest BCUT2D eigenvalue weighted by molar-refractivity contribution is 6.05. The molecule has 0 radical (unpaired) electrons. The minimum atomic E-state index is -1.63. The molecule has 0 spiro atoms. The molecule has 2 aromatic carbocycles. The molecule has 0 aromatic heterocycles. The number of fused-ring (bicyclic) bond motifs is 7. The summed E-state index contributed by atoms with van der Waals surface area (Å²) in [5.41, 5.74) is 1.54. The van der Waals surface area contributed by atoms with Crippen molar-refractivity contribution in [2.75, 3.05) is 13.2 Å². The van der Waals surface area contributed by atoms with Gasteiger partial charge in [-0.3, -0.25) is 14.5 Å². The monoisotopic (exact) mass is 418 g/mol. The van der Waals surface area contributed by atoms with Gasteiger partial charge in [0, 0.05) is 28.8 Å². The predicted molar refractivity (Wildman–Crippen MR) is 111 cm³/mol. The van der Waals surface area contributed by atoms with E-state index in [-0.39, 0.29) is 11.8 Å². The average molecular weight is 418 g/mol. The predicted octanol–water partition coefficient (Wildman–Crippen LogP) is 2.28. The van der Waals surface area contributed by atoms with Gasteiger partial charge >= 0.3 is 0 Å². The zero-order chi connectivity index (χ0) is 21.5. The summed E-state index contributed by atoms with van der Waals surface area (Å²) < 4.78 is 11.7. The number of nitrogens with zero attached hydrogens (tertiary/aromatic N) is 2. The largest absolute Gasteiger partial charge is 0.490 e. The highest BCUT2D eigenvalue weighted by atomic mass is 16.5. The van der Waals surface area contributed by atoms with Gasteiger partial charge in [0.25, 0.3) is 5.91 Å². The minimum absolute atomic E-state index is 0.251. The van der Waals surface area contributed by atoms with Crippen molar-refractivity contribution in [3.8, 4) is 11.5 Å². The number of carbonyl (C=O) groups is 2. The first-order valence-electron chi connectivity index (χ1n) is 10.5. The minimum Gasteiger partial charge on any atom is -0.490 e. The zero-order valence-electron chi connectivity index (χ0n) is 17.1. The molecule has 0 bridgehead atoms. The average Bonchev–Trinajstić information content (AvgIpc) is 2.89. The van der Waals surface area contributed by atoms with Gasteiger partial charge in [-0.15, -0.1) is 0 Å². The molecule has 1 fully saturated rings. The van der Waals surface area contributed by atoms with Crippen LogP contribution in [0.4, 0.5) is 0 Å². The third-order valence-corrected chi connectivity index (χ3v) is 6.89. The Morgan fingerprint density at radius 1 is 1.10 bits per heavy atom. The first kappa shape index (κ1) is 18.4. The summed E-state index contributed by atoms with van der Waals surface area (Å²) in [5, 5.41) is 12.1. The number of hydrogen-bond acceptors (Lipinski definition) is 5. The van der Waals surface area contributed by atoms with Crippen LogP contribution in [0.3, 0.4) is 0 Å². The van der Waals surface area contributed by atoms with Crippen molar-refractivity contribution >= 4 is 17.5 Å². The van der Waals surface area contributed by atoms with Crippen molar-refractivity contribution in [2.24, 2.45) is 0 Å². The molecule has 4 aliphatic heterocycles. The summed E-state index contributed by atoms with van der Waals surface area (Å²) in [6, 6.07) is 9.31. The van der Waals surface area contributed by atoms with Crippen molar-refractivity contribution in [1.82, 2.24) is 9.80 Å². The third kappa shape index (κ3) is 2.21. The lowest BCUT2D eigenvalue weighted by atomic mass is 9.80. The van der Waals surface area contributed by atoms with E-state index >= 15 is 0 Å². The lowest BCUT2D eigenvalue weighted by Crippen LogP contribution is -2.70. The molecule has 158 valence electrons. The topological polar surface area (TPSA) is 79.3 Å². The van der Waals surface area contributed by atoms with E-state index in [1.807, 2.05) is 12.1 Å². The Kier molecular flexibility index (Phi) is 3.63. The number of carbonyl (C=O) groups excluding carboxylic acids is 2. The van der Waals surface area contributed by atoms with E-state index < -0.39 is 17.8 Å². The summed E-state index contributed by atoms with van der Waals surface area (Å²) in [6.07, 6.45) is 1.15. The number of piperazine rings is 1. The molecule has 4 heterocycles. The maximum Gasteiger partial charge on any atom is 0.257 e. The molecule has 3 atom stereocenters. The van der Waals surface area contributed by atoms with Crippen molar-refractivity contribution in [1.29, 1.82) is 0 Å². The van der Waals surface area contributed by atoms with Crippen molar-refractivity contribution < 1.29 is 24.2 Å². The second-order valence-corrected chi connectivity index (χ2v) is 8.50. The molecule has 0 unspecified atom stereocenters. The fourth-order valence-corrected chi connectivity index (χ4v) is 5.44. The summed E-state index contributed by atoms with van der Waals surface area (Å²) in [4.78, 5) is 29.5. The van der Waals surface area contributed by atoms with E-state index in [0.29, 0.717) is 48.0 Å². The number of ether oxygens (including phenoxy) is 2. The van der Waals surface area contributed by atoms with E-state index in [1.54, 1.807) is 36.1 Å². The van der Waals surface area contributed by atoms with Gasteiger partial charge in [-0.2, -0.15) is 0 Å². The number of rotatable bonds is 0. The first-order chi connectivity index (χ1) is 14.9. The SMILES string of the molecule is C=C1c2cc3c(cc2C[C@H]2N1C(=O)[C@@H](C)N1C(=O)c4ccccc4[C@]21O)OCCCO3. The smallest absolute Gasteiger partial charge is 0.257 e. The molecular formula is C24H22N2O5. The van der Waals surface area contributed by atoms with Crippen LogP contribution < -0.4 is 9.47 Å². The van der Waals surface area contributed by atoms with Crippen molar-refractivity contribution in [3.63, 3.8) is 0 Å². The van der Waals surface area contributed by atoms with Gasteiger partial charge in [0.1, 0.15) is 6.04 Å². The molecule has 0 aliphatic carbocycles.